The van der Waals surface area contributed by atoms with E-state index in [4.69, 9.17) is 0 Å². The van der Waals surface area contributed by atoms with Gasteiger partial charge in [0.05, 0.1) is 0 Å². The molecule has 17 heavy (non-hydrogen) atoms. The Bertz CT molecular complexity index is 369. The molecule has 1 aromatic rings. The van der Waals surface area contributed by atoms with Crippen LogP contribution in [-0.2, 0) is 5.54 Å². The predicted octanol–water partition coefficient (Wildman–Crippen LogP) is 3.94. The van der Waals surface area contributed by atoms with E-state index in [-0.39, 0.29) is 5.54 Å². The average molecular weight is 229 g/mol. The van der Waals surface area contributed by atoms with E-state index in [9.17, 15) is 0 Å². The second kappa shape index (κ2) is 4.45. The van der Waals surface area contributed by atoms with Gasteiger partial charge in [-0.15, -0.1) is 0 Å². The Hall–Kier alpha value is -0.820. The second-order valence-electron chi connectivity index (χ2n) is 5.72. The average Bonchev–Trinajstić information content (AvgIpc) is 2.77. The number of rotatable bonds is 3. The Morgan fingerprint density at radius 3 is 2.41 bits per heavy atom. The lowest BCUT2D eigenvalue weighted by Gasteiger charge is -2.30. The largest absolute Gasteiger partial charge is 0.307 e. The van der Waals surface area contributed by atoms with Gasteiger partial charge in [0, 0.05) is 5.54 Å². The summed E-state index contributed by atoms with van der Waals surface area (Å²) >= 11 is 0. The van der Waals surface area contributed by atoms with Crippen molar-refractivity contribution in [3.8, 4) is 0 Å². The fourth-order valence-electron chi connectivity index (χ4n) is 3.37. The zero-order valence-electron chi connectivity index (χ0n) is 10.8. The van der Waals surface area contributed by atoms with Crippen molar-refractivity contribution in [2.24, 2.45) is 0 Å². The zero-order valence-corrected chi connectivity index (χ0v) is 10.8. The van der Waals surface area contributed by atoms with Crippen LogP contribution in [0.1, 0.15) is 62.5 Å². The van der Waals surface area contributed by atoms with Crippen LogP contribution in [0, 0.1) is 0 Å². The molecule has 1 heteroatoms. The van der Waals surface area contributed by atoms with E-state index in [1.165, 1.54) is 50.6 Å². The van der Waals surface area contributed by atoms with Crippen molar-refractivity contribution in [1.29, 1.82) is 0 Å². The third kappa shape index (κ3) is 1.91. The molecule has 1 N–H and O–H groups in total. The van der Waals surface area contributed by atoms with E-state index >= 15 is 0 Å². The molecular weight excluding hydrogens is 206 g/mol. The topological polar surface area (TPSA) is 12.0 Å². The molecule has 3 rings (SSSR count). The summed E-state index contributed by atoms with van der Waals surface area (Å²) in [6.07, 6.45) is 8.04. The molecule has 0 amide bonds. The van der Waals surface area contributed by atoms with Crippen molar-refractivity contribution in [3.05, 3.63) is 35.4 Å². The Morgan fingerprint density at radius 2 is 1.94 bits per heavy atom. The van der Waals surface area contributed by atoms with Gasteiger partial charge in [0.25, 0.3) is 0 Å². The summed E-state index contributed by atoms with van der Waals surface area (Å²) in [6, 6.07) is 9.48. The normalized spacial score (nSPS) is 29.2. The standard InChI is InChI=1S/C16H23N/c1-2-16(11-4-12-17-16)15-9-7-14(8-10-15)13-5-3-6-13/h7-10,13,17H,2-6,11-12H2,1H3. The summed E-state index contributed by atoms with van der Waals surface area (Å²) < 4.78 is 0. The number of hydrogen-bond acceptors (Lipinski definition) is 1. The highest BCUT2D eigenvalue weighted by Crippen LogP contribution is 2.38. The lowest BCUT2D eigenvalue weighted by molar-refractivity contribution is 0.375. The van der Waals surface area contributed by atoms with Crippen molar-refractivity contribution in [3.63, 3.8) is 0 Å². The molecule has 1 heterocycles. The summed E-state index contributed by atoms with van der Waals surface area (Å²) in [5.74, 6) is 0.859. The van der Waals surface area contributed by atoms with Crippen molar-refractivity contribution < 1.29 is 0 Å². The van der Waals surface area contributed by atoms with Gasteiger partial charge in [-0.3, -0.25) is 0 Å². The highest BCUT2D eigenvalue weighted by molar-refractivity contribution is 5.32. The van der Waals surface area contributed by atoms with Crippen LogP contribution in [0.2, 0.25) is 0 Å². The molecule has 1 saturated carbocycles. The van der Waals surface area contributed by atoms with Crippen LogP contribution >= 0.6 is 0 Å². The van der Waals surface area contributed by atoms with Gasteiger partial charge < -0.3 is 5.32 Å². The molecular formula is C16H23N. The minimum Gasteiger partial charge on any atom is -0.307 e. The first-order valence-corrected chi connectivity index (χ1v) is 7.19. The predicted molar refractivity (Wildman–Crippen MR) is 72.2 cm³/mol. The Balaban J connectivity index is 1.82. The molecule has 0 radical (unpaired) electrons. The molecule has 0 spiro atoms. The zero-order chi connectivity index (χ0) is 11.7. The van der Waals surface area contributed by atoms with Crippen LogP contribution in [0.4, 0.5) is 0 Å². The maximum Gasteiger partial charge on any atom is 0.0432 e. The molecule has 1 aliphatic carbocycles. The van der Waals surface area contributed by atoms with E-state index < -0.39 is 0 Å². The molecule has 0 bridgehead atoms. The van der Waals surface area contributed by atoms with Gasteiger partial charge >= 0.3 is 0 Å². The lowest BCUT2D eigenvalue weighted by atomic mass is 9.78. The fraction of sp³-hybridized carbons (Fsp3) is 0.625. The minimum atomic E-state index is 0.276. The van der Waals surface area contributed by atoms with Gasteiger partial charge in [0.15, 0.2) is 0 Å². The van der Waals surface area contributed by atoms with Crippen molar-refractivity contribution >= 4 is 0 Å². The summed E-state index contributed by atoms with van der Waals surface area (Å²) in [7, 11) is 0. The lowest BCUT2D eigenvalue weighted by Crippen LogP contribution is -2.35. The Morgan fingerprint density at radius 1 is 1.18 bits per heavy atom. The van der Waals surface area contributed by atoms with E-state index in [2.05, 4.69) is 36.5 Å². The third-order valence-electron chi connectivity index (χ3n) is 4.89. The summed E-state index contributed by atoms with van der Waals surface area (Å²) in [4.78, 5) is 0. The van der Waals surface area contributed by atoms with Crippen LogP contribution in [-0.4, -0.2) is 6.54 Å². The summed E-state index contributed by atoms with van der Waals surface area (Å²) in [5, 5.41) is 3.71. The van der Waals surface area contributed by atoms with Gasteiger partial charge in [0.1, 0.15) is 0 Å². The number of benzene rings is 1. The number of hydrogen-bond donors (Lipinski definition) is 1. The van der Waals surface area contributed by atoms with E-state index in [1.54, 1.807) is 5.56 Å². The van der Waals surface area contributed by atoms with E-state index in [0.717, 1.165) is 5.92 Å². The Kier molecular flexibility index (Phi) is 2.96. The highest BCUT2D eigenvalue weighted by atomic mass is 15.0. The van der Waals surface area contributed by atoms with Gasteiger partial charge in [-0.2, -0.15) is 0 Å². The van der Waals surface area contributed by atoms with Crippen molar-refractivity contribution in [2.75, 3.05) is 6.54 Å². The number of nitrogens with one attached hydrogen (secondary N) is 1. The molecule has 2 aliphatic rings. The maximum atomic E-state index is 3.71. The van der Waals surface area contributed by atoms with E-state index in [0.29, 0.717) is 0 Å². The molecule has 2 fully saturated rings. The molecule has 1 saturated heterocycles. The maximum absolute atomic E-state index is 3.71. The van der Waals surface area contributed by atoms with Gasteiger partial charge in [-0.05, 0) is 55.7 Å². The quantitative estimate of drug-likeness (QED) is 0.827. The van der Waals surface area contributed by atoms with E-state index in [1.807, 2.05) is 0 Å². The molecule has 1 aromatic carbocycles. The van der Waals surface area contributed by atoms with Crippen molar-refractivity contribution in [2.45, 2.75) is 56.9 Å². The molecule has 0 aromatic heterocycles. The Labute approximate surface area is 105 Å². The van der Waals surface area contributed by atoms with Crippen LogP contribution in [0.25, 0.3) is 0 Å². The van der Waals surface area contributed by atoms with Gasteiger partial charge in [0.2, 0.25) is 0 Å². The smallest absolute Gasteiger partial charge is 0.0432 e. The fourth-order valence-corrected chi connectivity index (χ4v) is 3.37. The molecule has 1 unspecified atom stereocenters. The second-order valence-corrected chi connectivity index (χ2v) is 5.72. The summed E-state index contributed by atoms with van der Waals surface area (Å²) in [6.45, 7) is 3.48. The highest BCUT2D eigenvalue weighted by Gasteiger charge is 2.33. The molecule has 1 aliphatic heterocycles. The third-order valence-corrected chi connectivity index (χ3v) is 4.89. The van der Waals surface area contributed by atoms with Crippen LogP contribution in [0.3, 0.4) is 0 Å². The van der Waals surface area contributed by atoms with Crippen molar-refractivity contribution in [1.82, 2.24) is 5.32 Å². The molecule has 1 atom stereocenters. The molecule has 1 nitrogen and oxygen atoms in total. The van der Waals surface area contributed by atoms with Gasteiger partial charge in [-0.25, -0.2) is 0 Å². The monoisotopic (exact) mass is 229 g/mol. The first-order valence-electron chi connectivity index (χ1n) is 7.19. The van der Waals surface area contributed by atoms with Crippen LogP contribution < -0.4 is 5.32 Å². The SMILES string of the molecule is CCC1(c2ccc(C3CCC3)cc2)CCCN1. The van der Waals surface area contributed by atoms with Crippen LogP contribution in [0.15, 0.2) is 24.3 Å². The summed E-state index contributed by atoms with van der Waals surface area (Å²) in [5.41, 5.74) is 3.34. The molecule has 92 valence electrons. The first-order chi connectivity index (χ1) is 8.34. The van der Waals surface area contributed by atoms with Crippen LogP contribution in [0.5, 0.6) is 0 Å². The minimum absolute atomic E-state index is 0.276. The first kappa shape index (κ1) is 11.3. The van der Waals surface area contributed by atoms with Gasteiger partial charge in [-0.1, -0.05) is 37.6 Å².